The van der Waals surface area contributed by atoms with Crippen molar-refractivity contribution in [3.8, 4) is 0 Å². The third-order valence-corrected chi connectivity index (χ3v) is 5.08. The number of amides is 1. The maximum Gasteiger partial charge on any atom is 0.228 e. The minimum absolute atomic E-state index is 0.125. The van der Waals surface area contributed by atoms with Gasteiger partial charge in [0, 0.05) is 10.4 Å². The molecule has 1 fully saturated rings. The number of benzene rings is 1. The Hall–Kier alpha value is -0.830. The van der Waals surface area contributed by atoms with E-state index in [1.54, 1.807) is 0 Å². The van der Waals surface area contributed by atoms with Gasteiger partial charge < -0.3 is 5.32 Å². The van der Waals surface area contributed by atoms with Gasteiger partial charge in [-0.15, -0.1) is 0 Å². The number of carbonyl (C=O) groups is 1. The maximum absolute atomic E-state index is 12.4. The van der Waals surface area contributed by atoms with Crippen molar-refractivity contribution in [2.24, 2.45) is 11.3 Å². The SMILES string of the molecule is Cc1cccc(NC(=O)C2CCCC2(C)C)c1Br. The first-order valence-corrected chi connectivity index (χ1v) is 7.27. The molecule has 0 spiro atoms. The van der Waals surface area contributed by atoms with Crippen LogP contribution in [0.4, 0.5) is 5.69 Å². The lowest BCUT2D eigenvalue weighted by molar-refractivity contribution is -0.122. The number of halogens is 1. The molecule has 0 bridgehead atoms. The fourth-order valence-electron chi connectivity index (χ4n) is 2.78. The maximum atomic E-state index is 12.4. The Kier molecular flexibility index (Phi) is 3.81. The highest BCUT2D eigenvalue weighted by molar-refractivity contribution is 9.10. The summed E-state index contributed by atoms with van der Waals surface area (Å²) in [4.78, 5) is 12.4. The molecule has 1 amide bonds. The normalized spacial score (nSPS) is 21.9. The van der Waals surface area contributed by atoms with Crippen LogP contribution in [0.2, 0.25) is 0 Å². The molecular formula is C15H20BrNO. The fourth-order valence-corrected chi connectivity index (χ4v) is 3.14. The number of aryl methyl sites for hydroxylation is 1. The van der Waals surface area contributed by atoms with E-state index in [4.69, 9.17) is 0 Å². The Morgan fingerprint density at radius 2 is 2.17 bits per heavy atom. The summed E-state index contributed by atoms with van der Waals surface area (Å²) in [7, 11) is 0. The number of carbonyl (C=O) groups excluding carboxylic acids is 1. The average Bonchev–Trinajstić information content (AvgIpc) is 2.65. The fraction of sp³-hybridized carbons (Fsp3) is 0.533. The number of hydrogen-bond acceptors (Lipinski definition) is 1. The summed E-state index contributed by atoms with van der Waals surface area (Å²) in [5, 5.41) is 3.06. The molecule has 0 heterocycles. The molecular weight excluding hydrogens is 290 g/mol. The lowest BCUT2D eigenvalue weighted by atomic mass is 9.81. The van der Waals surface area contributed by atoms with Crippen LogP contribution in [-0.2, 0) is 4.79 Å². The molecule has 1 atom stereocenters. The summed E-state index contributed by atoms with van der Waals surface area (Å²) in [6, 6.07) is 5.94. The first-order valence-electron chi connectivity index (χ1n) is 6.48. The highest BCUT2D eigenvalue weighted by Crippen LogP contribution is 2.43. The van der Waals surface area contributed by atoms with Gasteiger partial charge in [-0.2, -0.15) is 0 Å². The number of nitrogens with one attached hydrogen (secondary N) is 1. The number of anilines is 1. The monoisotopic (exact) mass is 309 g/mol. The van der Waals surface area contributed by atoms with Gasteiger partial charge in [0.15, 0.2) is 0 Å². The molecule has 1 N–H and O–H groups in total. The van der Waals surface area contributed by atoms with Gasteiger partial charge in [-0.05, 0) is 52.7 Å². The van der Waals surface area contributed by atoms with Crippen molar-refractivity contribution in [3.63, 3.8) is 0 Å². The molecule has 1 aromatic carbocycles. The van der Waals surface area contributed by atoms with Crippen LogP contribution in [0.3, 0.4) is 0 Å². The largest absolute Gasteiger partial charge is 0.325 e. The molecule has 0 radical (unpaired) electrons. The van der Waals surface area contributed by atoms with Crippen LogP contribution in [0.5, 0.6) is 0 Å². The van der Waals surface area contributed by atoms with Gasteiger partial charge in [0.05, 0.1) is 5.69 Å². The van der Waals surface area contributed by atoms with Crippen molar-refractivity contribution >= 4 is 27.5 Å². The summed E-state index contributed by atoms with van der Waals surface area (Å²) < 4.78 is 0.981. The van der Waals surface area contributed by atoms with Crippen LogP contribution in [0.15, 0.2) is 22.7 Å². The van der Waals surface area contributed by atoms with Gasteiger partial charge >= 0.3 is 0 Å². The highest BCUT2D eigenvalue weighted by atomic mass is 79.9. The summed E-state index contributed by atoms with van der Waals surface area (Å²) in [5.41, 5.74) is 2.14. The molecule has 0 aliphatic heterocycles. The molecule has 1 aliphatic carbocycles. The first-order chi connectivity index (χ1) is 8.42. The molecule has 2 nitrogen and oxygen atoms in total. The van der Waals surface area contributed by atoms with Crippen molar-refractivity contribution < 1.29 is 4.79 Å². The van der Waals surface area contributed by atoms with E-state index < -0.39 is 0 Å². The molecule has 1 saturated carbocycles. The predicted molar refractivity (Wildman–Crippen MR) is 78.6 cm³/mol. The third-order valence-electron chi connectivity index (χ3n) is 4.02. The van der Waals surface area contributed by atoms with E-state index in [1.165, 1.54) is 0 Å². The van der Waals surface area contributed by atoms with Gasteiger partial charge in [0.1, 0.15) is 0 Å². The van der Waals surface area contributed by atoms with Gasteiger partial charge in [0.25, 0.3) is 0 Å². The smallest absolute Gasteiger partial charge is 0.228 e. The second kappa shape index (κ2) is 5.04. The second-order valence-corrected chi connectivity index (χ2v) is 6.65. The van der Waals surface area contributed by atoms with Gasteiger partial charge in [-0.1, -0.05) is 32.4 Å². The molecule has 0 aromatic heterocycles. The van der Waals surface area contributed by atoms with E-state index in [-0.39, 0.29) is 17.2 Å². The Bertz CT molecular complexity index is 468. The van der Waals surface area contributed by atoms with Crippen LogP contribution in [-0.4, -0.2) is 5.91 Å². The molecule has 2 rings (SSSR count). The minimum atomic E-state index is 0.125. The van der Waals surface area contributed by atoms with E-state index >= 15 is 0 Å². The average molecular weight is 310 g/mol. The van der Waals surface area contributed by atoms with E-state index in [9.17, 15) is 4.79 Å². The van der Waals surface area contributed by atoms with Gasteiger partial charge in [-0.3, -0.25) is 4.79 Å². The van der Waals surface area contributed by atoms with E-state index in [0.29, 0.717) is 0 Å². The van der Waals surface area contributed by atoms with Crippen LogP contribution in [0.1, 0.15) is 38.7 Å². The Balaban J connectivity index is 2.15. The Morgan fingerprint density at radius 3 is 2.78 bits per heavy atom. The topological polar surface area (TPSA) is 29.1 Å². The highest BCUT2D eigenvalue weighted by Gasteiger charge is 2.39. The lowest BCUT2D eigenvalue weighted by Gasteiger charge is -2.26. The molecule has 1 unspecified atom stereocenters. The molecule has 1 aromatic rings. The third kappa shape index (κ3) is 2.61. The standard InChI is InChI=1S/C15H20BrNO/c1-10-6-4-8-12(13(10)16)17-14(18)11-7-5-9-15(11,2)3/h4,6,8,11H,5,7,9H2,1-3H3,(H,17,18). The van der Waals surface area contributed by atoms with Gasteiger partial charge in [-0.25, -0.2) is 0 Å². The molecule has 98 valence electrons. The lowest BCUT2D eigenvalue weighted by Crippen LogP contribution is -2.30. The molecule has 3 heteroatoms. The molecule has 0 saturated heterocycles. The molecule has 18 heavy (non-hydrogen) atoms. The zero-order valence-corrected chi connectivity index (χ0v) is 12.8. The summed E-state index contributed by atoms with van der Waals surface area (Å²) in [6.45, 7) is 6.41. The Labute approximate surface area is 117 Å². The second-order valence-electron chi connectivity index (χ2n) is 5.86. The quantitative estimate of drug-likeness (QED) is 0.855. The van der Waals surface area contributed by atoms with Crippen molar-refractivity contribution in [3.05, 3.63) is 28.2 Å². The van der Waals surface area contributed by atoms with Crippen molar-refractivity contribution in [2.45, 2.75) is 40.0 Å². The summed E-state index contributed by atoms with van der Waals surface area (Å²) in [6.07, 6.45) is 3.29. The first kappa shape index (κ1) is 13.6. The molecule has 1 aliphatic rings. The van der Waals surface area contributed by atoms with E-state index in [0.717, 1.165) is 35.0 Å². The summed E-state index contributed by atoms with van der Waals surface area (Å²) >= 11 is 3.53. The number of hydrogen-bond donors (Lipinski definition) is 1. The van der Waals surface area contributed by atoms with Crippen LogP contribution in [0, 0.1) is 18.3 Å². The van der Waals surface area contributed by atoms with Crippen molar-refractivity contribution in [1.29, 1.82) is 0 Å². The van der Waals surface area contributed by atoms with Crippen molar-refractivity contribution in [1.82, 2.24) is 0 Å². The zero-order chi connectivity index (χ0) is 13.3. The zero-order valence-electron chi connectivity index (χ0n) is 11.2. The van der Waals surface area contributed by atoms with Crippen molar-refractivity contribution in [2.75, 3.05) is 5.32 Å². The predicted octanol–water partition coefficient (Wildman–Crippen LogP) is 4.52. The minimum Gasteiger partial charge on any atom is -0.325 e. The van der Waals surface area contributed by atoms with Gasteiger partial charge in [0.2, 0.25) is 5.91 Å². The number of rotatable bonds is 2. The Morgan fingerprint density at radius 1 is 1.44 bits per heavy atom. The van der Waals surface area contributed by atoms with Crippen LogP contribution < -0.4 is 5.32 Å². The van der Waals surface area contributed by atoms with Crippen LogP contribution >= 0.6 is 15.9 Å². The van der Waals surface area contributed by atoms with E-state index in [1.807, 2.05) is 25.1 Å². The summed E-state index contributed by atoms with van der Waals surface area (Å²) in [5.74, 6) is 0.286. The van der Waals surface area contributed by atoms with Crippen LogP contribution in [0.25, 0.3) is 0 Å². The van der Waals surface area contributed by atoms with E-state index in [2.05, 4.69) is 35.1 Å².